The number of hydrogen-bond acceptors (Lipinski definition) is 5. The molecule has 6 nitrogen and oxygen atoms in total. The lowest BCUT2D eigenvalue weighted by atomic mass is 10.2. The fourth-order valence-electron chi connectivity index (χ4n) is 0.907. The zero-order valence-electron chi connectivity index (χ0n) is 8.73. The van der Waals surface area contributed by atoms with E-state index < -0.39 is 4.92 Å². The molecule has 0 bridgehead atoms. The first-order valence-electron chi connectivity index (χ1n) is 4.67. The van der Waals surface area contributed by atoms with E-state index in [2.05, 4.69) is 5.48 Å². The summed E-state index contributed by atoms with van der Waals surface area (Å²) in [4.78, 5) is 14.8. The molecule has 0 saturated heterocycles. The topological polar surface area (TPSA) is 77.5 Å². The van der Waals surface area contributed by atoms with Crippen LogP contribution in [0.15, 0.2) is 16.5 Å². The molecule has 0 unspecified atom stereocenters. The van der Waals surface area contributed by atoms with Crippen LogP contribution in [0.4, 0.5) is 5.88 Å². The van der Waals surface area contributed by atoms with E-state index in [1.807, 2.05) is 13.8 Å². The molecule has 1 aromatic rings. The van der Waals surface area contributed by atoms with E-state index in [0.29, 0.717) is 24.8 Å². The van der Waals surface area contributed by atoms with Crippen molar-refractivity contribution in [3.8, 4) is 0 Å². The quantitative estimate of drug-likeness (QED) is 0.444. The number of nitrogens with zero attached hydrogens (tertiary/aromatic N) is 1. The molecule has 0 aromatic carbocycles. The van der Waals surface area contributed by atoms with Gasteiger partial charge >= 0.3 is 5.88 Å². The molecule has 1 aromatic heterocycles. The van der Waals surface area contributed by atoms with Gasteiger partial charge in [0.1, 0.15) is 10.7 Å². The Morgan fingerprint density at radius 2 is 2.33 bits per heavy atom. The number of furan rings is 1. The molecule has 0 aliphatic rings. The zero-order chi connectivity index (χ0) is 11.3. The van der Waals surface area contributed by atoms with Gasteiger partial charge in [0.05, 0.1) is 19.2 Å². The lowest BCUT2D eigenvalue weighted by Crippen LogP contribution is -2.16. The van der Waals surface area contributed by atoms with Gasteiger partial charge in [-0.3, -0.25) is 10.1 Å². The summed E-state index contributed by atoms with van der Waals surface area (Å²) in [5.41, 5.74) is 2.67. The van der Waals surface area contributed by atoms with E-state index in [1.165, 1.54) is 6.07 Å². The minimum absolute atomic E-state index is 0.254. The van der Waals surface area contributed by atoms with E-state index in [1.54, 1.807) is 6.07 Å². The van der Waals surface area contributed by atoms with Gasteiger partial charge in [0.15, 0.2) is 0 Å². The predicted octanol–water partition coefficient (Wildman–Crippen LogP) is 1.86. The third-order valence-corrected chi connectivity index (χ3v) is 1.59. The molecule has 0 amide bonds. The molecule has 0 aliphatic carbocycles. The van der Waals surface area contributed by atoms with Crippen molar-refractivity contribution in [1.82, 2.24) is 5.48 Å². The maximum Gasteiger partial charge on any atom is 0.433 e. The summed E-state index contributed by atoms with van der Waals surface area (Å²) in [5, 5.41) is 10.3. The van der Waals surface area contributed by atoms with Crippen LogP contribution < -0.4 is 5.48 Å². The first kappa shape index (κ1) is 11.7. The molecule has 0 fully saturated rings. The third-order valence-electron chi connectivity index (χ3n) is 1.59. The van der Waals surface area contributed by atoms with Crippen molar-refractivity contribution in [2.24, 2.45) is 5.92 Å². The van der Waals surface area contributed by atoms with Gasteiger partial charge in [-0.2, -0.15) is 5.48 Å². The van der Waals surface area contributed by atoms with Crippen molar-refractivity contribution in [1.29, 1.82) is 0 Å². The molecular formula is C9H14N2O4. The van der Waals surface area contributed by atoms with Crippen molar-refractivity contribution in [3.63, 3.8) is 0 Å². The molecule has 1 rings (SSSR count). The summed E-state index contributed by atoms with van der Waals surface area (Å²) >= 11 is 0. The maximum absolute atomic E-state index is 10.3. The molecule has 1 N–H and O–H groups in total. The Bertz CT molecular complexity index is 322. The molecule has 15 heavy (non-hydrogen) atoms. The minimum atomic E-state index is -0.571. The highest BCUT2D eigenvalue weighted by Crippen LogP contribution is 2.15. The Hall–Kier alpha value is -1.40. The third kappa shape index (κ3) is 4.09. The van der Waals surface area contributed by atoms with Gasteiger partial charge in [-0.25, -0.2) is 0 Å². The van der Waals surface area contributed by atoms with Gasteiger partial charge in [0.2, 0.25) is 0 Å². The van der Waals surface area contributed by atoms with Gasteiger partial charge in [0, 0.05) is 0 Å². The van der Waals surface area contributed by atoms with E-state index >= 15 is 0 Å². The van der Waals surface area contributed by atoms with Gasteiger partial charge < -0.3 is 9.25 Å². The van der Waals surface area contributed by atoms with E-state index in [9.17, 15) is 10.1 Å². The van der Waals surface area contributed by atoms with E-state index in [0.717, 1.165) is 0 Å². The van der Waals surface area contributed by atoms with E-state index in [-0.39, 0.29) is 5.88 Å². The highest BCUT2D eigenvalue weighted by atomic mass is 16.7. The van der Waals surface area contributed by atoms with Crippen molar-refractivity contribution in [2.45, 2.75) is 20.4 Å². The van der Waals surface area contributed by atoms with Crippen LogP contribution >= 0.6 is 0 Å². The Balaban J connectivity index is 2.29. The second kappa shape index (κ2) is 5.47. The molecular weight excluding hydrogens is 200 g/mol. The highest BCUT2D eigenvalue weighted by molar-refractivity contribution is 5.17. The summed E-state index contributed by atoms with van der Waals surface area (Å²) in [5.74, 6) is 0.657. The number of hydrogen-bond donors (Lipinski definition) is 1. The van der Waals surface area contributed by atoms with Crippen LogP contribution in [0.1, 0.15) is 19.6 Å². The fourth-order valence-corrected chi connectivity index (χ4v) is 0.907. The van der Waals surface area contributed by atoms with Crippen LogP contribution in [-0.4, -0.2) is 11.5 Å². The molecule has 1 heterocycles. The molecule has 0 saturated carbocycles. The Labute approximate surface area is 87.3 Å². The van der Waals surface area contributed by atoms with Crippen LogP contribution in [0.3, 0.4) is 0 Å². The van der Waals surface area contributed by atoms with E-state index in [4.69, 9.17) is 9.25 Å². The summed E-state index contributed by atoms with van der Waals surface area (Å²) < 4.78 is 4.91. The average Bonchev–Trinajstić information content (AvgIpc) is 2.60. The summed E-state index contributed by atoms with van der Waals surface area (Å²) in [6.07, 6.45) is 0. The second-order valence-corrected chi connectivity index (χ2v) is 3.52. The smallest absolute Gasteiger partial charge is 0.404 e. The number of nitro groups is 1. The van der Waals surface area contributed by atoms with Crippen LogP contribution in [0.5, 0.6) is 0 Å². The lowest BCUT2D eigenvalue weighted by molar-refractivity contribution is -0.402. The van der Waals surface area contributed by atoms with Gasteiger partial charge in [-0.05, 0) is 12.0 Å². The van der Waals surface area contributed by atoms with Crippen molar-refractivity contribution < 1.29 is 14.2 Å². The maximum atomic E-state index is 10.3. The van der Waals surface area contributed by atoms with Gasteiger partial charge in [0.25, 0.3) is 0 Å². The lowest BCUT2D eigenvalue weighted by Gasteiger charge is -2.05. The molecule has 0 atom stereocenters. The van der Waals surface area contributed by atoms with Gasteiger partial charge in [-0.15, -0.1) is 0 Å². The highest BCUT2D eigenvalue weighted by Gasteiger charge is 2.11. The van der Waals surface area contributed by atoms with Crippen LogP contribution in [0.25, 0.3) is 0 Å². The summed E-state index contributed by atoms with van der Waals surface area (Å²) in [6.45, 7) is 4.96. The predicted molar refractivity (Wildman–Crippen MR) is 53.0 cm³/mol. The molecule has 0 aliphatic heterocycles. The van der Waals surface area contributed by atoms with Gasteiger partial charge in [-0.1, -0.05) is 13.8 Å². The largest absolute Gasteiger partial charge is 0.433 e. The minimum Gasteiger partial charge on any atom is -0.404 e. The number of nitrogens with one attached hydrogen (secondary N) is 1. The van der Waals surface area contributed by atoms with Crippen molar-refractivity contribution in [2.75, 3.05) is 6.61 Å². The van der Waals surface area contributed by atoms with Crippen LogP contribution in [-0.2, 0) is 11.4 Å². The summed E-state index contributed by atoms with van der Waals surface area (Å²) in [6, 6.07) is 2.86. The molecule has 0 spiro atoms. The normalized spacial score (nSPS) is 10.9. The van der Waals surface area contributed by atoms with Crippen molar-refractivity contribution >= 4 is 5.88 Å². The first-order valence-corrected chi connectivity index (χ1v) is 4.67. The average molecular weight is 214 g/mol. The SMILES string of the molecule is CC(C)CONCc1ccc([N+](=O)[O-])o1. The van der Waals surface area contributed by atoms with Crippen LogP contribution in [0, 0.1) is 16.0 Å². The Kier molecular flexibility index (Phi) is 4.26. The first-order chi connectivity index (χ1) is 7.09. The monoisotopic (exact) mass is 214 g/mol. The van der Waals surface area contributed by atoms with Crippen LogP contribution in [0.2, 0.25) is 0 Å². The molecule has 84 valence electrons. The number of rotatable bonds is 6. The Morgan fingerprint density at radius 1 is 1.60 bits per heavy atom. The molecule has 6 heteroatoms. The zero-order valence-corrected chi connectivity index (χ0v) is 8.73. The second-order valence-electron chi connectivity index (χ2n) is 3.52. The van der Waals surface area contributed by atoms with Crippen molar-refractivity contribution in [3.05, 3.63) is 28.0 Å². The fraction of sp³-hybridized carbons (Fsp3) is 0.556. The Morgan fingerprint density at radius 3 is 2.87 bits per heavy atom. The summed E-state index contributed by atoms with van der Waals surface area (Å²) in [7, 11) is 0. The number of hydroxylamine groups is 1. The standard InChI is InChI=1S/C9H14N2O4/c1-7(2)6-14-10-5-8-3-4-9(15-8)11(12)13/h3-4,7,10H,5-6H2,1-2H3. The molecule has 0 radical (unpaired) electrons.